The molecule has 0 aliphatic carbocycles. The van der Waals surface area contributed by atoms with Gasteiger partial charge < -0.3 is 20.4 Å². The molecule has 4 rings (SSSR count). The highest BCUT2D eigenvalue weighted by Crippen LogP contribution is 2.17. The van der Waals surface area contributed by atoms with Gasteiger partial charge in [0.2, 0.25) is 11.8 Å². The largest absolute Gasteiger partial charge is 0.354 e. The number of nitrogens with zero attached hydrogens (tertiary/aromatic N) is 6. The molecule has 2 aromatic heterocycles. The van der Waals surface area contributed by atoms with Gasteiger partial charge in [0, 0.05) is 44.4 Å². The minimum atomic E-state index is -0.994. The number of piperazine rings is 1. The molecule has 0 radical (unpaired) electrons. The Hall–Kier alpha value is -3.96. The third kappa shape index (κ3) is 4.53. The molecule has 2 aromatic rings. The lowest BCUT2D eigenvalue weighted by atomic mass is 10.0. The molecule has 0 saturated carbocycles. The van der Waals surface area contributed by atoms with Gasteiger partial charge in [0.1, 0.15) is 24.1 Å². The Morgan fingerprint density at radius 2 is 1.84 bits per heavy atom. The normalized spacial score (nSPS) is 20.9. The van der Waals surface area contributed by atoms with Crippen LogP contribution in [0.3, 0.4) is 0 Å². The molecule has 0 aromatic carbocycles. The number of rotatable bonds is 4. The molecule has 32 heavy (non-hydrogen) atoms. The SMILES string of the molecule is O=C(N[C@@H]1CCCNC1=O)[C@H]1CN(C(=O)c2cnccn2)CCN1C(=O)c1cncnc1. The molecule has 2 N–H and O–H groups in total. The van der Waals surface area contributed by atoms with Crippen LogP contribution in [0.4, 0.5) is 0 Å². The highest BCUT2D eigenvalue weighted by atomic mass is 16.2. The van der Waals surface area contributed by atoms with Gasteiger partial charge in [-0.25, -0.2) is 15.0 Å². The molecule has 166 valence electrons. The second kappa shape index (κ2) is 9.45. The van der Waals surface area contributed by atoms with Crippen LogP contribution in [0.5, 0.6) is 0 Å². The molecular formula is C20H22N8O4. The van der Waals surface area contributed by atoms with E-state index in [2.05, 4.69) is 30.6 Å². The van der Waals surface area contributed by atoms with E-state index in [9.17, 15) is 19.2 Å². The van der Waals surface area contributed by atoms with Crippen molar-refractivity contribution in [1.29, 1.82) is 0 Å². The Morgan fingerprint density at radius 1 is 1.03 bits per heavy atom. The number of aromatic nitrogens is 4. The van der Waals surface area contributed by atoms with Gasteiger partial charge in [-0.15, -0.1) is 0 Å². The first-order valence-corrected chi connectivity index (χ1v) is 10.2. The number of piperidine rings is 1. The second-order valence-electron chi connectivity index (χ2n) is 7.48. The highest BCUT2D eigenvalue weighted by molar-refractivity contribution is 5.99. The maximum atomic E-state index is 13.2. The Morgan fingerprint density at radius 3 is 2.56 bits per heavy atom. The molecular weight excluding hydrogens is 416 g/mol. The number of nitrogens with one attached hydrogen (secondary N) is 2. The number of amides is 4. The summed E-state index contributed by atoms with van der Waals surface area (Å²) in [6.45, 7) is 0.847. The summed E-state index contributed by atoms with van der Waals surface area (Å²) in [4.78, 5) is 69.7. The summed E-state index contributed by atoms with van der Waals surface area (Å²) in [5.41, 5.74) is 0.379. The standard InChI is InChI=1S/C20H22N8O4/c29-17-14(2-1-3-25-17)26-18(30)16-11-27(20(32)15-10-21-4-5-24-15)6-7-28(16)19(31)13-8-22-12-23-9-13/h4-5,8-10,12,14,16H,1-3,6-7,11H2,(H,25,29)(H,26,30)/t14-,16-/m1/s1. The van der Waals surface area contributed by atoms with Crippen molar-refractivity contribution < 1.29 is 19.2 Å². The van der Waals surface area contributed by atoms with Gasteiger partial charge in [0.15, 0.2) is 0 Å². The molecule has 2 aliphatic rings. The maximum absolute atomic E-state index is 13.2. The molecule has 2 aliphatic heterocycles. The molecule has 0 bridgehead atoms. The summed E-state index contributed by atoms with van der Waals surface area (Å²) in [6.07, 6.45) is 9.51. The first-order valence-electron chi connectivity index (χ1n) is 10.2. The van der Waals surface area contributed by atoms with Crippen LogP contribution in [-0.4, -0.2) is 91.6 Å². The second-order valence-corrected chi connectivity index (χ2v) is 7.48. The number of carbonyl (C=O) groups is 4. The monoisotopic (exact) mass is 438 g/mol. The fourth-order valence-corrected chi connectivity index (χ4v) is 3.76. The zero-order valence-electron chi connectivity index (χ0n) is 17.2. The lowest BCUT2D eigenvalue weighted by Gasteiger charge is -2.40. The molecule has 2 atom stereocenters. The Labute approximate surface area is 183 Å². The van der Waals surface area contributed by atoms with Crippen LogP contribution in [-0.2, 0) is 9.59 Å². The van der Waals surface area contributed by atoms with Crippen LogP contribution in [0.1, 0.15) is 33.7 Å². The van der Waals surface area contributed by atoms with Gasteiger partial charge >= 0.3 is 0 Å². The average Bonchev–Trinajstić information content (AvgIpc) is 2.85. The van der Waals surface area contributed by atoms with Crippen LogP contribution < -0.4 is 10.6 Å². The van der Waals surface area contributed by atoms with E-state index in [1.54, 1.807) is 0 Å². The zero-order chi connectivity index (χ0) is 22.5. The van der Waals surface area contributed by atoms with Gasteiger partial charge in [-0.3, -0.25) is 24.2 Å². The van der Waals surface area contributed by atoms with Crippen LogP contribution in [0.15, 0.2) is 37.3 Å². The molecule has 4 amide bonds. The van der Waals surface area contributed by atoms with Gasteiger partial charge in [-0.2, -0.15) is 0 Å². The highest BCUT2D eigenvalue weighted by Gasteiger charge is 2.39. The molecule has 12 nitrogen and oxygen atoms in total. The zero-order valence-corrected chi connectivity index (χ0v) is 17.2. The topological polar surface area (TPSA) is 150 Å². The van der Waals surface area contributed by atoms with Crippen LogP contribution in [0, 0.1) is 0 Å². The van der Waals surface area contributed by atoms with Crippen molar-refractivity contribution in [1.82, 2.24) is 40.4 Å². The smallest absolute Gasteiger partial charge is 0.274 e. The minimum Gasteiger partial charge on any atom is -0.354 e. The van der Waals surface area contributed by atoms with E-state index in [1.807, 2.05) is 0 Å². The number of hydrogen-bond acceptors (Lipinski definition) is 8. The van der Waals surface area contributed by atoms with E-state index in [-0.39, 0.29) is 42.7 Å². The summed E-state index contributed by atoms with van der Waals surface area (Å²) in [7, 11) is 0. The van der Waals surface area contributed by atoms with E-state index in [0.717, 1.165) is 6.42 Å². The van der Waals surface area contributed by atoms with E-state index < -0.39 is 23.9 Å². The predicted octanol–water partition coefficient (Wildman–Crippen LogP) is -1.37. The van der Waals surface area contributed by atoms with Crippen LogP contribution in [0.2, 0.25) is 0 Å². The average molecular weight is 438 g/mol. The molecule has 0 unspecified atom stereocenters. The van der Waals surface area contributed by atoms with E-state index >= 15 is 0 Å². The lowest BCUT2D eigenvalue weighted by molar-refractivity contribution is -0.133. The van der Waals surface area contributed by atoms with Crippen molar-refractivity contribution in [3.63, 3.8) is 0 Å². The number of carbonyl (C=O) groups excluding carboxylic acids is 4. The van der Waals surface area contributed by atoms with Gasteiger partial charge in [-0.05, 0) is 12.8 Å². The summed E-state index contributed by atoms with van der Waals surface area (Å²) in [5, 5.41) is 5.45. The van der Waals surface area contributed by atoms with Gasteiger partial charge in [0.25, 0.3) is 11.8 Å². The molecule has 2 saturated heterocycles. The first kappa shape index (κ1) is 21.3. The molecule has 0 spiro atoms. The Bertz CT molecular complexity index is 1000. The molecule has 12 heteroatoms. The Kier molecular flexibility index (Phi) is 6.29. The van der Waals surface area contributed by atoms with Gasteiger partial charge in [0.05, 0.1) is 18.3 Å². The van der Waals surface area contributed by atoms with Crippen LogP contribution in [0.25, 0.3) is 0 Å². The van der Waals surface area contributed by atoms with Crippen molar-refractivity contribution >= 4 is 23.6 Å². The summed E-state index contributed by atoms with van der Waals surface area (Å²) in [5.74, 6) is -1.58. The van der Waals surface area contributed by atoms with E-state index in [0.29, 0.717) is 13.0 Å². The van der Waals surface area contributed by atoms with Crippen molar-refractivity contribution in [3.05, 3.63) is 48.6 Å². The third-order valence-corrected chi connectivity index (χ3v) is 5.42. The Balaban J connectivity index is 1.56. The summed E-state index contributed by atoms with van der Waals surface area (Å²) < 4.78 is 0. The van der Waals surface area contributed by atoms with E-state index in [1.165, 1.54) is 47.1 Å². The fourth-order valence-electron chi connectivity index (χ4n) is 3.76. The van der Waals surface area contributed by atoms with Gasteiger partial charge in [-0.1, -0.05) is 0 Å². The van der Waals surface area contributed by atoms with Crippen molar-refractivity contribution in [3.8, 4) is 0 Å². The minimum absolute atomic E-state index is 0.0466. The maximum Gasteiger partial charge on any atom is 0.274 e. The molecule has 4 heterocycles. The van der Waals surface area contributed by atoms with E-state index in [4.69, 9.17) is 0 Å². The molecule has 2 fully saturated rings. The number of hydrogen-bond donors (Lipinski definition) is 2. The fraction of sp³-hybridized carbons (Fsp3) is 0.400. The lowest BCUT2D eigenvalue weighted by Crippen LogP contribution is -2.63. The van der Waals surface area contributed by atoms with Crippen molar-refractivity contribution in [2.75, 3.05) is 26.2 Å². The van der Waals surface area contributed by atoms with Crippen molar-refractivity contribution in [2.45, 2.75) is 24.9 Å². The first-order chi connectivity index (χ1) is 15.5. The predicted molar refractivity (Wildman–Crippen MR) is 109 cm³/mol. The quantitative estimate of drug-likeness (QED) is 0.593. The summed E-state index contributed by atoms with van der Waals surface area (Å²) in [6, 6.07) is -1.67. The van der Waals surface area contributed by atoms with Crippen molar-refractivity contribution in [2.24, 2.45) is 0 Å². The third-order valence-electron chi connectivity index (χ3n) is 5.42. The summed E-state index contributed by atoms with van der Waals surface area (Å²) >= 11 is 0. The van der Waals surface area contributed by atoms with Crippen LogP contribution >= 0.6 is 0 Å².